The number of rotatable bonds is 0. The molecule has 0 amide bonds. The average Bonchev–Trinajstić information content (AvgIpc) is 0.722. The van der Waals surface area contributed by atoms with Crippen LogP contribution in [-0.2, 0) is 52.5 Å². The van der Waals surface area contributed by atoms with Crippen molar-refractivity contribution < 1.29 is 62.3 Å². The fraction of sp³-hybridized carbons (Fsp3) is 0. The van der Waals surface area contributed by atoms with Crippen molar-refractivity contribution in [2.75, 3.05) is 0 Å². The molecule has 0 aliphatic heterocycles. The number of thiol groups is 1. The molecule has 0 rings (SSSR count). The summed E-state index contributed by atoms with van der Waals surface area (Å²) in [5.41, 5.74) is 0. The second-order valence-corrected chi connectivity index (χ2v) is 3.10. The van der Waals surface area contributed by atoms with Crippen LogP contribution in [0.2, 0.25) is 0 Å². The maximum atomic E-state index is 9.19. The van der Waals surface area contributed by atoms with E-state index in [2.05, 4.69) is 12.2 Å². The van der Waals surface area contributed by atoms with Crippen LogP contribution in [0.1, 0.15) is 0 Å². The fourth-order valence-corrected chi connectivity index (χ4v) is 0. The van der Waals surface area contributed by atoms with E-state index in [1.54, 1.807) is 0 Å². The summed E-state index contributed by atoms with van der Waals surface area (Å²) >= 11 is 2.79. The molecule has 0 saturated heterocycles. The Labute approximate surface area is 98.9 Å². The summed E-state index contributed by atoms with van der Waals surface area (Å²) in [5.74, 6) is 0. The normalized spacial score (nSPS) is 7.38. The minimum Gasteiger partial charge on any atom is 0 e. The number of hydrogen-bond acceptors (Lipinski definition) is 1. The first-order valence-corrected chi connectivity index (χ1v) is 3.55. The van der Waals surface area contributed by atoms with Crippen molar-refractivity contribution in [1.82, 2.24) is 0 Å². The van der Waals surface area contributed by atoms with Gasteiger partial charge in [-0.2, -0.15) is 0 Å². The Morgan fingerprint density at radius 1 is 1.38 bits per heavy atom. The Balaban J connectivity index is -0.0000000267. The summed E-state index contributed by atoms with van der Waals surface area (Å²) in [6, 6.07) is 0. The molecule has 0 spiro atoms. The summed E-state index contributed by atoms with van der Waals surface area (Å²) in [6.07, 6.45) is 0. The predicted molar refractivity (Wildman–Crippen MR) is 28.2 cm³/mol. The Morgan fingerprint density at radius 3 is 1.38 bits per heavy atom. The molecule has 3 nitrogen and oxygen atoms in total. The predicted octanol–water partition coefficient (Wildman–Crippen LogP) is -0.645. The monoisotopic (exact) mass is 260 g/mol. The molecule has 0 fully saturated rings. The molecule has 0 atom stereocenters. The zero-order valence-electron chi connectivity index (χ0n) is 3.20. The van der Waals surface area contributed by atoms with E-state index in [0.717, 1.165) is 0 Å². The topological polar surface area (TPSA) is 57.5 Å². The molecule has 8 heavy (non-hydrogen) atoms. The van der Waals surface area contributed by atoms with Gasteiger partial charge in [0.25, 0.3) is 0 Å². The molecule has 42 valence electrons. The van der Waals surface area contributed by atoms with Crippen LogP contribution in [0.25, 0.3) is 0 Å². The summed E-state index contributed by atoms with van der Waals surface area (Å²) in [6.45, 7) is -3.94. The molecule has 0 radical (unpaired) electrons. The minimum absolute atomic E-state index is 0. The second-order valence-electron chi connectivity index (χ2n) is 0.513. The van der Waals surface area contributed by atoms with E-state index < -0.39 is 6.80 Å². The molecule has 0 aliphatic carbocycles. The third-order valence-electron chi connectivity index (χ3n) is 0. The van der Waals surface area contributed by atoms with Gasteiger partial charge in [0.05, 0.1) is 0 Å². The fourth-order valence-electron chi connectivity index (χ4n) is 0. The Hall–Kier alpha value is 2.69. The van der Waals surface area contributed by atoms with Gasteiger partial charge in [0.1, 0.15) is 0 Å². The van der Waals surface area contributed by atoms with Crippen molar-refractivity contribution in [1.29, 1.82) is 0 Å². The van der Waals surface area contributed by atoms with Crippen molar-refractivity contribution in [2.24, 2.45) is 0 Å². The van der Waals surface area contributed by atoms with Gasteiger partial charge in [-0.05, 0) is 0 Å². The van der Waals surface area contributed by atoms with E-state index in [-0.39, 0.29) is 66.8 Å². The van der Waals surface area contributed by atoms with Crippen LogP contribution in [0.15, 0.2) is 0 Å². The smallest absolute Gasteiger partial charge is 0 e. The largest absolute Gasteiger partial charge is 0 e. The van der Waals surface area contributed by atoms with Gasteiger partial charge in [-0.1, -0.05) is 12.2 Å². The van der Waals surface area contributed by atoms with Gasteiger partial charge in [-0.3, -0.25) is 0 Å². The second kappa shape index (κ2) is 9.69. The van der Waals surface area contributed by atoms with Gasteiger partial charge in [0.15, 0.2) is 0 Å². The van der Waals surface area contributed by atoms with Crippen LogP contribution in [0.5, 0.6) is 0 Å². The van der Waals surface area contributed by atoms with E-state index in [4.69, 9.17) is 9.79 Å². The van der Waals surface area contributed by atoms with Gasteiger partial charge in [-0.25, -0.2) is 4.57 Å². The van der Waals surface area contributed by atoms with Gasteiger partial charge in [0, 0.05) is 47.9 Å². The van der Waals surface area contributed by atoms with E-state index in [1.807, 2.05) is 0 Å². The first-order chi connectivity index (χ1) is 2.00. The molecule has 8 heteroatoms. The molecule has 0 saturated carbocycles. The summed E-state index contributed by atoms with van der Waals surface area (Å²) in [7, 11) is 0. The molecular weight excluding hydrogens is 257 g/mol. The molecule has 0 aromatic rings. The van der Waals surface area contributed by atoms with Crippen LogP contribution < -0.4 is 0 Å². The molecule has 0 aromatic heterocycles. The third kappa shape index (κ3) is 70.9. The van der Waals surface area contributed by atoms with Gasteiger partial charge < -0.3 is 9.79 Å². The zero-order chi connectivity index (χ0) is 4.50. The first-order valence-electron chi connectivity index (χ1n) is 0.783. The van der Waals surface area contributed by atoms with Crippen molar-refractivity contribution in [3.8, 4) is 0 Å². The molecule has 0 heterocycles. The van der Waals surface area contributed by atoms with Crippen LogP contribution >= 0.6 is 19.0 Å². The van der Waals surface area contributed by atoms with Crippen molar-refractivity contribution >= 4 is 37.9 Å². The van der Waals surface area contributed by atoms with E-state index in [1.165, 1.54) is 0 Å². The van der Waals surface area contributed by atoms with Gasteiger partial charge in [0.2, 0.25) is 0 Å². The minimum atomic E-state index is -3.94. The maximum absolute atomic E-state index is 9.19. The molecule has 2 N–H and O–H groups in total. The molecule has 0 aromatic carbocycles. The van der Waals surface area contributed by atoms with Crippen LogP contribution in [0.3, 0.4) is 0 Å². The van der Waals surface area contributed by atoms with Crippen LogP contribution in [-0.4, -0.2) is 28.6 Å². The van der Waals surface area contributed by atoms with Crippen LogP contribution in [0, 0.1) is 0 Å². The average molecular weight is 261 g/mol. The quantitative estimate of drug-likeness (QED) is 0.309. The maximum Gasteiger partial charge on any atom is 0 e. The SMILES string of the molecule is O=P(O)(O)S.[LiH].[Ti].[Zr]. The number of hydrogen-bond donors (Lipinski definition) is 3. The Kier molecular flexibility index (Phi) is 27.2. The van der Waals surface area contributed by atoms with Crippen molar-refractivity contribution in [2.45, 2.75) is 0 Å². The molecular formula is H4LiO3PSTiZr. The van der Waals surface area contributed by atoms with Crippen molar-refractivity contribution in [3.63, 3.8) is 0 Å². The third-order valence-corrected chi connectivity index (χ3v) is 0. The van der Waals surface area contributed by atoms with Crippen molar-refractivity contribution in [3.05, 3.63) is 0 Å². The van der Waals surface area contributed by atoms with Gasteiger partial charge in [-0.15, -0.1) is 0 Å². The Morgan fingerprint density at radius 2 is 1.38 bits per heavy atom. The molecule has 0 aliphatic rings. The van der Waals surface area contributed by atoms with E-state index in [9.17, 15) is 4.57 Å². The van der Waals surface area contributed by atoms with Gasteiger partial charge >= 0.3 is 25.7 Å². The summed E-state index contributed by atoms with van der Waals surface area (Å²) < 4.78 is 9.19. The zero-order valence-corrected chi connectivity index (χ0v) is 9.01. The Bertz CT molecular complexity index is 65.4. The standard InChI is InChI=1S/Li.H3O3PS.Ti.Zr.H/c;1-4(2,3)5;;;/h;(H3,1,2,3,5);;;. The van der Waals surface area contributed by atoms with E-state index >= 15 is 0 Å². The van der Waals surface area contributed by atoms with Crippen LogP contribution in [0.4, 0.5) is 0 Å². The molecule has 0 bridgehead atoms. The first kappa shape index (κ1) is 22.4. The molecule has 0 unspecified atom stereocenters. The van der Waals surface area contributed by atoms with E-state index in [0.29, 0.717) is 0 Å². The summed E-state index contributed by atoms with van der Waals surface area (Å²) in [5, 5.41) is 0. The summed E-state index contributed by atoms with van der Waals surface area (Å²) in [4.78, 5) is 15.0.